The molecule has 330 valence electrons. The fourth-order valence-electron chi connectivity index (χ4n) is 9.62. The molecule has 1 saturated carbocycles. The lowest BCUT2D eigenvalue weighted by molar-refractivity contribution is -0.278. The van der Waals surface area contributed by atoms with Crippen LogP contribution in [-0.2, 0) is 27.4 Å². The van der Waals surface area contributed by atoms with E-state index in [1.807, 2.05) is 106 Å². The van der Waals surface area contributed by atoms with Crippen LogP contribution in [0.4, 0.5) is 10.5 Å². The first-order valence-electron chi connectivity index (χ1n) is 22.7. The van der Waals surface area contributed by atoms with E-state index in [0.29, 0.717) is 36.5 Å². The van der Waals surface area contributed by atoms with E-state index in [-0.39, 0.29) is 48.3 Å². The van der Waals surface area contributed by atoms with Gasteiger partial charge in [-0.25, -0.2) is 4.79 Å². The summed E-state index contributed by atoms with van der Waals surface area (Å²) in [6.07, 6.45) is 5.53. The molecule has 3 fully saturated rings. The fraction of sp³-hybridized carbons (Fsp3) is 0.396. The van der Waals surface area contributed by atoms with Gasteiger partial charge >= 0.3 is 6.03 Å². The van der Waals surface area contributed by atoms with E-state index >= 15 is 0 Å². The third-order valence-electron chi connectivity index (χ3n) is 12.9. The average Bonchev–Trinajstić information content (AvgIpc) is 3.29. The molecular formula is C53H62N4O6. The van der Waals surface area contributed by atoms with Crippen LogP contribution in [0, 0.1) is 11.8 Å². The number of fused-ring (bicyclic) bond motifs is 1. The Morgan fingerprint density at radius 2 is 1.44 bits per heavy atom. The molecule has 5 aromatic rings. The van der Waals surface area contributed by atoms with Crippen molar-refractivity contribution in [2.75, 3.05) is 11.9 Å². The first-order chi connectivity index (χ1) is 30.5. The summed E-state index contributed by atoms with van der Waals surface area (Å²) in [7, 11) is 0. The second kappa shape index (κ2) is 19.9. The standard InChI is InChI=1S/C53H62N4O6/c1-35-48(33-57-46-17-11-9-12-38(46)26-31-47(57)50(59)56-53(2,3)4)62-51(63-49(35)39-20-18-36(34-58)19-21-39)40-24-22-37(23-25-40)45-16-10-8-13-41(45)32-54-52(60)55-42-27-29-44(30-28-42)61-43-14-6-5-7-15-43/h5-8,10,13-16,18-25,27-30,35,38,46-49,51,58H,9,11-12,17,26,31-34H2,1-4H3,(H,56,59)(H2,54,55,60). The van der Waals surface area contributed by atoms with Crippen LogP contribution >= 0.6 is 0 Å². The number of aliphatic hydroxyl groups is 1. The van der Waals surface area contributed by atoms with Crippen molar-refractivity contribution >= 4 is 17.6 Å². The summed E-state index contributed by atoms with van der Waals surface area (Å²) in [6.45, 7) is 9.29. The highest BCUT2D eigenvalue weighted by Gasteiger charge is 2.46. The molecule has 7 atom stereocenters. The van der Waals surface area contributed by atoms with Crippen LogP contribution in [0.2, 0.25) is 0 Å². The van der Waals surface area contributed by atoms with E-state index in [4.69, 9.17) is 14.2 Å². The molecule has 1 aliphatic carbocycles. The molecule has 3 amide bonds. The molecule has 4 N–H and O–H groups in total. The van der Waals surface area contributed by atoms with Crippen molar-refractivity contribution in [1.82, 2.24) is 15.5 Å². The minimum atomic E-state index is -0.642. The van der Waals surface area contributed by atoms with Gasteiger partial charge in [-0.05, 0) is 117 Å². The molecule has 10 heteroatoms. The molecule has 0 radical (unpaired) electrons. The lowest BCUT2D eigenvalue weighted by atomic mass is 9.75. The number of rotatable bonds is 12. The van der Waals surface area contributed by atoms with Crippen LogP contribution in [0.25, 0.3) is 11.1 Å². The molecule has 10 nitrogen and oxygen atoms in total. The van der Waals surface area contributed by atoms with Crippen molar-refractivity contribution in [3.05, 3.63) is 150 Å². The number of likely N-dealkylation sites (tertiary alicyclic amines) is 1. The zero-order valence-electron chi connectivity index (χ0n) is 37.0. The van der Waals surface area contributed by atoms with Crippen LogP contribution in [0.15, 0.2) is 127 Å². The van der Waals surface area contributed by atoms with E-state index in [2.05, 4.69) is 70.2 Å². The third kappa shape index (κ3) is 11.0. The summed E-state index contributed by atoms with van der Waals surface area (Å²) in [5.41, 5.74) is 6.11. The van der Waals surface area contributed by atoms with E-state index < -0.39 is 6.29 Å². The van der Waals surface area contributed by atoms with Gasteiger partial charge in [-0.3, -0.25) is 9.69 Å². The summed E-state index contributed by atoms with van der Waals surface area (Å²) in [5, 5.41) is 19.0. The van der Waals surface area contributed by atoms with Gasteiger partial charge in [-0.15, -0.1) is 0 Å². The number of amides is 3. The zero-order valence-corrected chi connectivity index (χ0v) is 37.0. The van der Waals surface area contributed by atoms with E-state index in [1.54, 1.807) is 0 Å². The van der Waals surface area contributed by atoms with Gasteiger partial charge in [0, 0.05) is 41.8 Å². The van der Waals surface area contributed by atoms with Crippen LogP contribution in [0.5, 0.6) is 11.5 Å². The number of benzene rings is 5. The monoisotopic (exact) mass is 850 g/mol. The van der Waals surface area contributed by atoms with E-state index in [0.717, 1.165) is 58.4 Å². The normalized spacial score (nSPS) is 23.9. The lowest BCUT2D eigenvalue weighted by Crippen LogP contribution is -2.61. The van der Waals surface area contributed by atoms with Crippen molar-refractivity contribution < 1.29 is 28.9 Å². The Balaban J connectivity index is 0.982. The molecule has 8 rings (SSSR count). The van der Waals surface area contributed by atoms with Crippen molar-refractivity contribution in [1.29, 1.82) is 0 Å². The molecule has 2 saturated heterocycles. The Morgan fingerprint density at radius 1 is 0.762 bits per heavy atom. The van der Waals surface area contributed by atoms with Crippen molar-refractivity contribution in [3.8, 4) is 22.6 Å². The number of piperidine rings is 1. The number of nitrogens with zero attached hydrogens (tertiary/aromatic N) is 1. The number of urea groups is 1. The number of hydrogen-bond donors (Lipinski definition) is 4. The molecule has 63 heavy (non-hydrogen) atoms. The van der Waals surface area contributed by atoms with Crippen LogP contribution < -0.4 is 20.7 Å². The van der Waals surface area contributed by atoms with Crippen LogP contribution in [-0.4, -0.2) is 52.2 Å². The highest BCUT2D eigenvalue weighted by Crippen LogP contribution is 2.45. The summed E-state index contributed by atoms with van der Waals surface area (Å²) in [6, 6.07) is 41.1. The largest absolute Gasteiger partial charge is 0.457 e. The molecule has 0 aromatic heterocycles. The molecule has 2 heterocycles. The maximum Gasteiger partial charge on any atom is 0.319 e. The molecule has 0 bridgehead atoms. The molecule has 2 aliphatic heterocycles. The predicted molar refractivity (Wildman–Crippen MR) is 247 cm³/mol. The van der Waals surface area contributed by atoms with Gasteiger partial charge in [-0.2, -0.15) is 0 Å². The highest BCUT2D eigenvalue weighted by molar-refractivity contribution is 5.89. The van der Waals surface area contributed by atoms with Gasteiger partial charge in [-0.1, -0.05) is 111 Å². The molecule has 7 unspecified atom stereocenters. The SMILES string of the molecule is CC1C(CN2C(C(=O)NC(C)(C)C)CCC3CCCCC32)OC(c2ccc(-c3ccccc3CNC(=O)Nc3ccc(Oc4ccccc4)cc3)cc2)OC1c1ccc(CO)cc1. The van der Waals surface area contributed by atoms with Gasteiger partial charge in [0.1, 0.15) is 11.5 Å². The van der Waals surface area contributed by atoms with E-state index in [1.165, 1.54) is 19.3 Å². The Kier molecular flexibility index (Phi) is 13.9. The number of ether oxygens (including phenoxy) is 3. The number of hydrogen-bond acceptors (Lipinski definition) is 7. The molecule has 5 aromatic carbocycles. The van der Waals surface area contributed by atoms with Gasteiger partial charge in [0.15, 0.2) is 6.29 Å². The fourth-order valence-corrected chi connectivity index (χ4v) is 9.62. The van der Waals surface area contributed by atoms with Crippen molar-refractivity contribution in [3.63, 3.8) is 0 Å². The predicted octanol–water partition coefficient (Wildman–Crippen LogP) is 10.7. The van der Waals surface area contributed by atoms with Gasteiger partial charge in [0.2, 0.25) is 5.91 Å². The van der Waals surface area contributed by atoms with Gasteiger partial charge < -0.3 is 35.3 Å². The van der Waals surface area contributed by atoms with Crippen LogP contribution in [0.1, 0.15) is 101 Å². The minimum absolute atomic E-state index is 0.0135. The Labute approximate surface area is 372 Å². The van der Waals surface area contributed by atoms with Crippen LogP contribution in [0.3, 0.4) is 0 Å². The summed E-state index contributed by atoms with van der Waals surface area (Å²) in [4.78, 5) is 29.5. The van der Waals surface area contributed by atoms with Gasteiger partial charge in [0.25, 0.3) is 0 Å². The quantitative estimate of drug-likeness (QED) is 0.0986. The first kappa shape index (κ1) is 44.1. The average molecular weight is 851 g/mol. The number of carbonyl (C=O) groups is 2. The molecule has 0 spiro atoms. The van der Waals surface area contributed by atoms with Crippen molar-refractivity contribution in [2.45, 2.75) is 115 Å². The number of para-hydroxylation sites is 1. The summed E-state index contributed by atoms with van der Waals surface area (Å²) in [5.74, 6) is 2.10. The zero-order chi connectivity index (χ0) is 43.9. The topological polar surface area (TPSA) is 121 Å². The first-order valence-corrected chi connectivity index (χ1v) is 22.7. The second-order valence-corrected chi connectivity index (χ2v) is 18.5. The maximum atomic E-state index is 14.0. The lowest BCUT2D eigenvalue weighted by Gasteiger charge is -2.51. The number of anilines is 1. The number of aliphatic hydroxyl groups excluding tert-OH is 1. The Hall–Kier alpha value is -5.52. The number of carbonyl (C=O) groups excluding carboxylic acids is 2. The highest BCUT2D eigenvalue weighted by atomic mass is 16.7. The Morgan fingerprint density at radius 3 is 2.17 bits per heavy atom. The summed E-state index contributed by atoms with van der Waals surface area (Å²) < 4.78 is 19.8. The smallest absolute Gasteiger partial charge is 0.319 e. The molecule has 3 aliphatic rings. The maximum absolute atomic E-state index is 14.0. The summed E-state index contributed by atoms with van der Waals surface area (Å²) >= 11 is 0. The Bertz CT molecular complexity index is 2280. The third-order valence-corrected chi connectivity index (χ3v) is 12.9. The van der Waals surface area contributed by atoms with Crippen molar-refractivity contribution in [2.24, 2.45) is 11.8 Å². The number of nitrogens with one attached hydrogen (secondary N) is 3. The van der Waals surface area contributed by atoms with Gasteiger partial charge in [0.05, 0.1) is 24.9 Å². The van der Waals surface area contributed by atoms with E-state index in [9.17, 15) is 14.7 Å². The molecular weight excluding hydrogens is 789 g/mol. The minimum Gasteiger partial charge on any atom is -0.457 e. The second-order valence-electron chi connectivity index (χ2n) is 18.5.